The molecule has 0 fully saturated rings. The fourth-order valence-corrected chi connectivity index (χ4v) is 10.3. The van der Waals surface area contributed by atoms with Crippen molar-refractivity contribution in [2.75, 3.05) is 13.2 Å². The van der Waals surface area contributed by atoms with Gasteiger partial charge in [-0.3, -0.25) is 14.4 Å². The van der Waals surface area contributed by atoms with Crippen molar-refractivity contribution in [1.82, 2.24) is 0 Å². The summed E-state index contributed by atoms with van der Waals surface area (Å²) < 4.78 is 16.9. The predicted octanol–water partition coefficient (Wildman–Crippen LogP) is 24.8. The number of hydrogen-bond acceptors (Lipinski definition) is 6. The highest BCUT2D eigenvalue weighted by molar-refractivity contribution is 5.71. The summed E-state index contributed by atoms with van der Waals surface area (Å²) >= 11 is 0. The minimum atomic E-state index is -0.799. The molecule has 0 amide bonds. The molecule has 0 saturated carbocycles. The number of rotatable bonds is 65. The molecule has 6 heteroatoms. The van der Waals surface area contributed by atoms with Gasteiger partial charge in [0.2, 0.25) is 0 Å². The molecule has 478 valence electrons. The van der Waals surface area contributed by atoms with Gasteiger partial charge in [-0.1, -0.05) is 336 Å². The molecule has 0 aromatic rings. The van der Waals surface area contributed by atoms with Crippen molar-refractivity contribution in [2.24, 2.45) is 0 Å². The van der Waals surface area contributed by atoms with Crippen LogP contribution in [0.1, 0.15) is 355 Å². The number of allylic oxidation sites excluding steroid dienone is 16. The van der Waals surface area contributed by atoms with Crippen LogP contribution in [0.25, 0.3) is 0 Å². The summed E-state index contributed by atoms with van der Waals surface area (Å²) in [6, 6.07) is 0. The second-order valence-electron chi connectivity index (χ2n) is 23.8. The van der Waals surface area contributed by atoms with E-state index in [0.29, 0.717) is 12.8 Å². The Kier molecular flexibility index (Phi) is 67.7. The average Bonchev–Trinajstić information content (AvgIpc) is 3.48. The van der Waals surface area contributed by atoms with Crippen LogP contribution in [-0.2, 0) is 28.6 Å². The van der Waals surface area contributed by atoms with E-state index < -0.39 is 6.10 Å². The molecular formula is C77H134O6. The molecule has 0 aliphatic rings. The topological polar surface area (TPSA) is 78.9 Å². The first-order chi connectivity index (χ1) is 41.0. The largest absolute Gasteiger partial charge is 0.462 e. The Morgan fingerprint density at radius 1 is 0.253 bits per heavy atom. The molecule has 0 rings (SSSR count). The first-order valence-electron chi connectivity index (χ1n) is 35.7. The van der Waals surface area contributed by atoms with Gasteiger partial charge in [-0.15, -0.1) is 0 Å². The third kappa shape index (κ3) is 69.0. The first kappa shape index (κ1) is 79.3. The molecular weight excluding hydrogens is 1020 g/mol. The highest BCUT2D eigenvalue weighted by atomic mass is 16.6. The Hall–Kier alpha value is -3.67. The van der Waals surface area contributed by atoms with Gasteiger partial charge in [0.1, 0.15) is 13.2 Å². The molecule has 0 N–H and O–H groups in total. The Balaban J connectivity index is 4.21. The van der Waals surface area contributed by atoms with Gasteiger partial charge in [0.05, 0.1) is 0 Å². The number of hydrogen-bond donors (Lipinski definition) is 0. The van der Waals surface area contributed by atoms with E-state index in [1.165, 1.54) is 186 Å². The first-order valence-corrected chi connectivity index (χ1v) is 35.7. The van der Waals surface area contributed by atoms with E-state index >= 15 is 0 Å². The van der Waals surface area contributed by atoms with Gasteiger partial charge in [0.25, 0.3) is 0 Å². The van der Waals surface area contributed by atoms with Crippen LogP contribution in [-0.4, -0.2) is 37.2 Å². The number of carbonyl (C=O) groups excluding carboxylic acids is 3. The second kappa shape index (κ2) is 70.8. The van der Waals surface area contributed by atoms with E-state index in [4.69, 9.17) is 14.2 Å². The number of ether oxygens (including phenoxy) is 3. The summed E-state index contributed by atoms with van der Waals surface area (Å²) in [5, 5.41) is 0. The highest BCUT2D eigenvalue weighted by Crippen LogP contribution is 2.18. The molecule has 1 unspecified atom stereocenters. The summed E-state index contributed by atoms with van der Waals surface area (Å²) in [7, 11) is 0. The molecule has 0 bridgehead atoms. The van der Waals surface area contributed by atoms with E-state index in [9.17, 15) is 14.4 Å². The molecule has 0 aromatic carbocycles. The zero-order valence-corrected chi connectivity index (χ0v) is 54.9. The lowest BCUT2D eigenvalue weighted by Crippen LogP contribution is -2.30. The standard InChI is InChI=1S/C77H134O6/c1-4-7-10-13-16-19-22-24-26-28-30-32-34-36-37-38-39-40-42-43-45-47-49-51-53-55-58-61-64-67-70-76(79)82-73-74(72-81-75(78)69-66-63-60-57-21-18-15-12-9-6-3)83-77(80)71-68-65-62-59-56-54-52-50-48-46-44-41-35-33-31-29-27-25-23-20-17-14-11-8-5-2/h8,11-12,15,17,20,25,27,31,33,41,44,48,50,54,56,74H,4-7,9-10,13-14,16,18-19,21-24,26,28-30,32,34-40,42-43,45-47,49,51-53,55,57-73H2,1-3H3/b11-8-,15-12-,20-17-,27-25-,33-31-,44-41-,50-48-,56-54-. The molecule has 0 aromatic heterocycles. The van der Waals surface area contributed by atoms with Crippen LogP contribution < -0.4 is 0 Å². The zero-order valence-electron chi connectivity index (χ0n) is 54.9. The summed E-state index contributed by atoms with van der Waals surface area (Å²) in [6.45, 7) is 6.47. The van der Waals surface area contributed by atoms with Gasteiger partial charge in [0, 0.05) is 19.3 Å². The quantitative estimate of drug-likeness (QED) is 0.0261. The maximum absolute atomic E-state index is 12.9. The number of esters is 3. The van der Waals surface area contributed by atoms with Crippen molar-refractivity contribution in [3.8, 4) is 0 Å². The Morgan fingerprint density at radius 3 is 0.807 bits per heavy atom. The lowest BCUT2D eigenvalue weighted by Gasteiger charge is -2.18. The van der Waals surface area contributed by atoms with Crippen molar-refractivity contribution in [3.63, 3.8) is 0 Å². The van der Waals surface area contributed by atoms with E-state index in [1.807, 2.05) is 0 Å². The van der Waals surface area contributed by atoms with Gasteiger partial charge in [0.15, 0.2) is 6.10 Å². The smallest absolute Gasteiger partial charge is 0.306 e. The lowest BCUT2D eigenvalue weighted by molar-refractivity contribution is -0.167. The minimum absolute atomic E-state index is 0.0916. The van der Waals surface area contributed by atoms with Crippen LogP contribution in [0, 0.1) is 0 Å². The summed E-state index contributed by atoms with van der Waals surface area (Å²) in [5.74, 6) is -0.923. The molecule has 0 saturated heterocycles. The Bertz CT molecular complexity index is 1610. The van der Waals surface area contributed by atoms with E-state index in [0.717, 1.165) is 128 Å². The fourth-order valence-electron chi connectivity index (χ4n) is 10.3. The van der Waals surface area contributed by atoms with Crippen LogP contribution in [0.4, 0.5) is 0 Å². The highest BCUT2D eigenvalue weighted by Gasteiger charge is 2.19. The van der Waals surface area contributed by atoms with Gasteiger partial charge in [-0.05, 0) is 96.3 Å². The average molecular weight is 1160 g/mol. The SMILES string of the molecule is CC/C=C\C/C=C\C/C=C\C/C=C\C/C=C\C/C=C\C/C=C\CCCCCC(=O)OC(COC(=O)CCCCCCC/C=C\CCC)COC(=O)CCCCCCCCCCCCCCCCCCCCCCCCCCCCCCCC. The Morgan fingerprint density at radius 2 is 0.494 bits per heavy atom. The van der Waals surface area contributed by atoms with Crippen molar-refractivity contribution in [1.29, 1.82) is 0 Å². The molecule has 6 nitrogen and oxygen atoms in total. The summed E-state index contributed by atoms with van der Waals surface area (Å²) in [4.78, 5) is 38.3. The third-order valence-corrected chi connectivity index (χ3v) is 15.6. The van der Waals surface area contributed by atoms with E-state index in [1.54, 1.807) is 0 Å². The predicted molar refractivity (Wildman–Crippen MR) is 362 cm³/mol. The van der Waals surface area contributed by atoms with Crippen molar-refractivity contribution in [2.45, 2.75) is 361 Å². The van der Waals surface area contributed by atoms with Crippen LogP contribution >= 0.6 is 0 Å². The lowest BCUT2D eigenvalue weighted by atomic mass is 10.0. The molecule has 0 aliphatic heterocycles. The molecule has 1 atom stereocenters. The molecule has 0 heterocycles. The molecule has 0 aliphatic carbocycles. The minimum Gasteiger partial charge on any atom is -0.462 e. The maximum atomic E-state index is 12.9. The molecule has 83 heavy (non-hydrogen) atoms. The van der Waals surface area contributed by atoms with Crippen molar-refractivity contribution in [3.05, 3.63) is 97.2 Å². The van der Waals surface area contributed by atoms with Crippen LogP contribution in [0.2, 0.25) is 0 Å². The Labute approximate surface area is 515 Å². The fraction of sp³-hybridized carbons (Fsp3) is 0.753. The maximum Gasteiger partial charge on any atom is 0.306 e. The van der Waals surface area contributed by atoms with Gasteiger partial charge >= 0.3 is 17.9 Å². The van der Waals surface area contributed by atoms with E-state index in [-0.39, 0.29) is 37.5 Å². The van der Waals surface area contributed by atoms with E-state index in [2.05, 4.69) is 118 Å². The normalized spacial score (nSPS) is 12.7. The van der Waals surface area contributed by atoms with Gasteiger partial charge in [-0.2, -0.15) is 0 Å². The summed E-state index contributed by atoms with van der Waals surface area (Å²) in [5.41, 5.74) is 0. The number of unbranched alkanes of at least 4 members (excludes halogenated alkanes) is 38. The van der Waals surface area contributed by atoms with Crippen LogP contribution in [0.3, 0.4) is 0 Å². The van der Waals surface area contributed by atoms with Gasteiger partial charge in [-0.25, -0.2) is 0 Å². The third-order valence-electron chi connectivity index (χ3n) is 15.6. The zero-order chi connectivity index (χ0) is 59.9. The summed E-state index contributed by atoms with van der Waals surface area (Å²) in [6.07, 6.45) is 96.1. The van der Waals surface area contributed by atoms with Crippen LogP contribution in [0.15, 0.2) is 97.2 Å². The van der Waals surface area contributed by atoms with Crippen LogP contribution in [0.5, 0.6) is 0 Å². The molecule has 0 radical (unpaired) electrons. The van der Waals surface area contributed by atoms with Gasteiger partial charge < -0.3 is 14.2 Å². The number of carbonyl (C=O) groups is 3. The van der Waals surface area contributed by atoms with Crippen molar-refractivity contribution < 1.29 is 28.6 Å². The second-order valence-corrected chi connectivity index (χ2v) is 23.8. The monoisotopic (exact) mass is 1160 g/mol. The van der Waals surface area contributed by atoms with Crippen molar-refractivity contribution >= 4 is 17.9 Å². The molecule has 0 spiro atoms.